The Kier molecular flexibility index (Phi) is 7.01. The Labute approximate surface area is 111 Å². The van der Waals surface area contributed by atoms with Crippen LogP contribution in [0, 0.1) is 0 Å². The van der Waals surface area contributed by atoms with Crippen LogP contribution in [0.15, 0.2) is 27.6 Å². The van der Waals surface area contributed by atoms with Crippen LogP contribution in [-0.4, -0.2) is 13.1 Å². The summed E-state index contributed by atoms with van der Waals surface area (Å²) in [6.45, 7) is 6.63. The minimum atomic E-state index is 1.08. The van der Waals surface area contributed by atoms with Crippen LogP contribution in [0.25, 0.3) is 0 Å². The molecule has 0 saturated heterocycles. The van der Waals surface area contributed by atoms with Crippen molar-refractivity contribution < 1.29 is 0 Å². The van der Waals surface area contributed by atoms with Crippen molar-refractivity contribution in [3.05, 3.63) is 32.4 Å². The summed E-state index contributed by atoms with van der Waals surface area (Å²) in [6.07, 6.45) is 5.76. The van der Waals surface area contributed by atoms with Crippen molar-refractivity contribution in [1.29, 1.82) is 0 Å². The number of hydrogen-bond donors (Lipinski definition) is 1. The lowest BCUT2D eigenvalue weighted by molar-refractivity contribution is 0.677. The lowest BCUT2D eigenvalue weighted by atomic mass is 10.1. The molecule has 0 bridgehead atoms. The van der Waals surface area contributed by atoms with E-state index in [4.69, 9.17) is 0 Å². The monoisotopic (exact) mass is 301 g/mol. The van der Waals surface area contributed by atoms with Crippen LogP contribution < -0.4 is 5.32 Å². The maximum atomic E-state index is 3.57. The van der Waals surface area contributed by atoms with E-state index in [0.29, 0.717) is 0 Å². The van der Waals surface area contributed by atoms with Gasteiger partial charge in [-0.3, -0.25) is 0 Å². The lowest BCUT2D eigenvalue weighted by Crippen LogP contribution is -2.15. The molecular formula is C13H20BrNS. The van der Waals surface area contributed by atoms with Gasteiger partial charge in [0.25, 0.3) is 0 Å². The van der Waals surface area contributed by atoms with Crippen LogP contribution in [0.1, 0.15) is 31.6 Å². The first kappa shape index (κ1) is 13.9. The predicted molar refractivity (Wildman–Crippen MR) is 77.3 cm³/mol. The third kappa shape index (κ3) is 5.28. The molecule has 1 N–H and O–H groups in total. The Morgan fingerprint density at radius 2 is 2.31 bits per heavy atom. The molecular weight excluding hydrogens is 282 g/mol. The van der Waals surface area contributed by atoms with Gasteiger partial charge in [-0.05, 0) is 60.2 Å². The molecule has 90 valence electrons. The highest BCUT2D eigenvalue weighted by atomic mass is 79.9. The van der Waals surface area contributed by atoms with Crippen LogP contribution in [0.2, 0.25) is 0 Å². The molecule has 0 aromatic carbocycles. The molecule has 0 amide bonds. The summed E-state index contributed by atoms with van der Waals surface area (Å²) < 4.78 is 1.24. The smallest absolute Gasteiger partial charge is 0.0317 e. The number of halogens is 1. The molecule has 1 nitrogen and oxygen atoms in total. The fraction of sp³-hybridized carbons (Fsp3) is 0.538. The van der Waals surface area contributed by atoms with Gasteiger partial charge >= 0.3 is 0 Å². The molecule has 0 unspecified atom stereocenters. The van der Waals surface area contributed by atoms with Crippen LogP contribution >= 0.6 is 27.3 Å². The average molecular weight is 302 g/mol. The number of allylic oxidation sites excluding steroid dienone is 1. The van der Waals surface area contributed by atoms with E-state index in [1.807, 2.05) is 11.3 Å². The minimum Gasteiger partial charge on any atom is -0.316 e. The van der Waals surface area contributed by atoms with Crippen molar-refractivity contribution in [1.82, 2.24) is 5.32 Å². The van der Waals surface area contributed by atoms with Crippen LogP contribution in [0.3, 0.4) is 0 Å². The van der Waals surface area contributed by atoms with E-state index in [2.05, 4.69) is 52.6 Å². The number of rotatable bonds is 7. The molecule has 0 aliphatic heterocycles. The van der Waals surface area contributed by atoms with Crippen LogP contribution in [0.4, 0.5) is 0 Å². The zero-order valence-corrected chi connectivity index (χ0v) is 12.5. The van der Waals surface area contributed by atoms with Gasteiger partial charge in [-0.15, -0.1) is 11.3 Å². The first-order valence-electron chi connectivity index (χ1n) is 5.82. The van der Waals surface area contributed by atoms with Crippen molar-refractivity contribution in [3.8, 4) is 0 Å². The van der Waals surface area contributed by atoms with Crippen molar-refractivity contribution in [3.63, 3.8) is 0 Å². The Bertz CT molecular complexity index is 330. The van der Waals surface area contributed by atoms with Gasteiger partial charge in [-0.25, -0.2) is 0 Å². The molecule has 1 rings (SSSR count). The molecule has 0 atom stereocenters. The van der Waals surface area contributed by atoms with Crippen molar-refractivity contribution in [2.24, 2.45) is 0 Å². The summed E-state index contributed by atoms with van der Waals surface area (Å²) in [4.78, 5) is 1.43. The van der Waals surface area contributed by atoms with E-state index in [1.165, 1.54) is 21.3 Å². The summed E-state index contributed by atoms with van der Waals surface area (Å²) in [5.74, 6) is 0. The van der Waals surface area contributed by atoms with E-state index in [9.17, 15) is 0 Å². The maximum Gasteiger partial charge on any atom is 0.0317 e. The number of nitrogens with one attached hydrogen (secondary N) is 1. The summed E-state index contributed by atoms with van der Waals surface area (Å²) in [6, 6.07) is 2.12. The summed E-state index contributed by atoms with van der Waals surface area (Å²) in [5, 5.41) is 5.54. The molecule has 1 aromatic rings. The van der Waals surface area contributed by atoms with Gasteiger partial charge in [0.1, 0.15) is 0 Å². The average Bonchev–Trinajstić information content (AvgIpc) is 2.64. The Hall–Kier alpha value is -0.120. The molecule has 0 saturated carbocycles. The predicted octanol–water partition coefficient (Wildman–Crippen LogP) is 4.39. The maximum absolute atomic E-state index is 3.57. The van der Waals surface area contributed by atoms with Crippen molar-refractivity contribution >= 4 is 27.3 Å². The van der Waals surface area contributed by atoms with Crippen LogP contribution in [0.5, 0.6) is 0 Å². The second-order valence-corrected chi connectivity index (χ2v) is 5.81. The highest BCUT2D eigenvalue weighted by Crippen LogP contribution is 2.25. The van der Waals surface area contributed by atoms with E-state index in [-0.39, 0.29) is 0 Å². The normalized spacial score (nSPS) is 12.1. The van der Waals surface area contributed by atoms with Gasteiger partial charge in [0.15, 0.2) is 0 Å². The summed E-state index contributed by atoms with van der Waals surface area (Å²) in [5.41, 5.74) is 1.46. The van der Waals surface area contributed by atoms with Crippen LogP contribution in [-0.2, 0) is 6.42 Å². The Balaban J connectivity index is 2.26. The topological polar surface area (TPSA) is 12.0 Å². The first-order chi connectivity index (χ1) is 7.74. The van der Waals surface area contributed by atoms with E-state index < -0.39 is 0 Å². The highest BCUT2D eigenvalue weighted by molar-refractivity contribution is 9.10. The second-order valence-electron chi connectivity index (χ2n) is 3.96. The van der Waals surface area contributed by atoms with E-state index in [1.54, 1.807) is 0 Å². The largest absolute Gasteiger partial charge is 0.316 e. The Morgan fingerprint density at radius 3 is 2.94 bits per heavy atom. The lowest BCUT2D eigenvalue weighted by Gasteiger charge is -2.02. The quantitative estimate of drug-likeness (QED) is 0.582. The molecule has 0 aliphatic rings. The number of thiophene rings is 1. The molecule has 1 aromatic heterocycles. The molecule has 0 aliphatic carbocycles. The van der Waals surface area contributed by atoms with E-state index >= 15 is 0 Å². The zero-order chi connectivity index (χ0) is 11.8. The minimum absolute atomic E-state index is 1.08. The number of hydrogen-bond acceptors (Lipinski definition) is 2. The van der Waals surface area contributed by atoms with Gasteiger partial charge in [0.2, 0.25) is 0 Å². The van der Waals surface area contributed by atoms with Gasteiger partial charge in [-0.1, -0.05) is 18.6 Å². The molecule has 16 heavy (non-hydrogen) atoms. The molecule has 0 spiro atoms. The fourth-order valence-electron chi connectivity index (χ4n) is 1.50. The fourth-order valence-corrected chi connectivity index (χ4v) is 3.09. The standard InChI is InChI=1S/C13H20BrNS/c1-3-7-15-8-4-5-11(2)10-13-12(14)6-9-16-13/h5-6,9,15H,3-4,7-8,10H2,1-2H3. The highest BCUT2D eigenvalue weighted by Gasteiger charge is 2.01. The first-order valence-corrected chi connectivity index (χ1v) is 7.49. The SMILES string of the molecule is CCCNCCC=C(C)Cc1sccc1Br. The molecule has 3 heteroatoms. The molecule has 0 radical (unpaired) electrons. The molecule has 1 heterocycles. The van der Waals surface area contributed by atoms with Crippen molar-refractivity contribution in [2.45, 2.75) is 33.1 Å². The van der Waals surface area contributed by atoms with Gasteiger partial charge in [0, 0.05) is 15.8 Å². The summed E-state index contributed by atoms with van der Waals surface area (Å²) >= 11 is 5.39. The Morgan fingerprint density at radius 1 is 1.50 bits per heavy atom. The van der Waals surface area contributed by atoms with Gasteiger partial charge in [-0.2, -0.15) is 0 Å². The third-order valence-electron chi connectivity index (χ3n) is 2.37. The second kappa shape index (κ2) is 8.04. The summed E-state index contributed by atoms with van der Waals surface area (Å²) in [7, 11) is 0. The zero-order valence-electron chi connectivity index (χ0n) is 10.1. The van der Waals surface area contributed by atoms with Gasteiger partial charge in [0.05, 0.1) is 0 Å². The third-order valence-corrected chi connectivity index (χ3v) is 4.30. The van der Waals surface area contributed by atoms with Gasteiger partial charge < -0.3 is 5.32 Å². The molecule has 0 fully saturated rings. The van der Waals surface area contributed by atoms with E-state index in [0.717, 1.165) is 25.9 Å². The van der Waals surface area contributed by atoms with Crippen molar-refractivity contribution in [2.75, 3.05) is 13.1 Å².